The third-order valence-corrected chi connectivity index (χ3v) is 5.13. The molecular formula is C12H21NO5S. The standard InChI is InChI=1S/C12H21NO5S/c1-3-5-10(12(15)16)13(11(14)4-2)9-6-7-19(17,18)8-9/h9-10H,3-8H2,1-2H3,(H,15,16)/t9-,10-/m0/s1. The lowest BCUT2D eigenvalue weighted by Crippen LogP contribution is -2.51. The average Bonchev–Trinajstić information content (AvgIpc) is 2.68. The fourth-order valence-corrected chi connectivity index (χ4v) is 4.18. The summed E-state index contributed by atoms with van der Waals surface area (Å²) in [7, 11) is -3.14. The van der Waals surface area contributed by atoms with Gasteiger partial charge in [0.2, 0.25) is 5.91 Å². The molecule has 0 bridgehead atoms. The molecule has 0 aliphatic carbocycles. The summed E-state index contributed by atoms with van der Waals surface area (Å²) < 4.78 is 23.0. The highest BCUT2D eigenvalue weighted by molar-refractivity contribution is 7.91. The van der Waals surface area contributed by atoms with Crippen LogP contribution in [-0.4, -0.2) is 53.9 Å². The molecule has 7 heteroatoms. The molecule has 2 atom stereocenters. The van der Waals surface area contributed by atoms with Crippen molar-refractivity contribution in [2.75, 3.05) is 11.5 Å². The first-order valence-corrected chi connectivity index (χ1v) is 8.39. The van der Waals surface area contributed by atoms with E-state index in [-0.39, 0.29) is 23.8 Å². The van der Waals surface area contributed by atoms with Gasteiger partial charge in [0, 0.05) is 12.5 Å². The number of carboxylic acid groups (broad SMARTS) is 1. The smallest absolute Gasteiger partial charge is 0.326 e. The van der Waals surface area contributed by atoms with Gasteiger partial charge in [-0.1, -0.05) is 20.3 Å². The van der Waals surface area contributed by atoms with Gasteiger partial charge >= 0.3 is 5.97 Å². The maximum absolute atomic E-state index is 12.0. The first kappa shape index (κ1) is 15.9. The lowest BCUT2D eigenvalue weighted by Gasteiger charge is -2.33. The molecule has 0 aromatic carbocycles. The SMILES string of the molecule is CCC[C@@H](C(=O)O)N(C(=O)CC)[C@H]1CCS(=O)(=O)C1. The van der Waals surface area contributed by atoms with Crippen LogP contribution in [-0.2, 0) is 19.4 Å². The van der Waals surface area contributed by atoms with Crippen molar-refractivity contribution in [3.05, 3.63) is 0 Å². The highest BCUT2D eigenvalue weighted by Gasteiger charge is 2.39. The minimum Gasteiger partial charge on any atom is -0.480 e. The van der Waals surface area contributed by atoms with Gasteiger partial charge in [-0.25, -0.2) is 13.2 Å². The van der Waals surface area contributed by atoms with E-state index in [1.54, 1.807) is 6.92 Å². The maximum Gasteiger partial charge on any atom is 0.326 e. The summed E-state index contributed by atoms with van der Waals surface area (Å²) in [6.45, 7) is 3.50. The molecule has 6 nitrogen and oxygen atoms in total. The molecule has 0 saturated carbocycles. The molecule has 19 heavy (non-hydrogen) atoms. The van der Waals surface area contributed by atoms with Gasteiger partial charge in [0.25, 0.3) is 0 Å². The average molecular weight is 291 g/mol. The zero-order chi connectivity index (χ0) is 14.6. The van der Waals surface area contributed by atoms with Crippen molar-refractivity contribution >= 4 is 21.7 Å². The highest BCUT2D eigenvalue weighted by atomic mass is 32.2. The molecule has 1 fully saturated rings. The molecule has 0 aromatic heterocycles. The van der Waals surface area contributed by atoms with E-state index in [1.807, 2.05) is 6.92 Å². The fourth-order valence-electron chi connectivity index (χ4n) is 2.46. The minimum absolute atomic E-state index is 0.0314. The topological polar surface area (TPSA) is 91.8 Å². The molecular weight excluding hydrogens is 270 g/mol. The number of aliphatic carboxylic acids is 1. The Morgan fingerprint density at radius 3 is 2.37 bits per heavy atom. The van der Waals surface area contributed by atoms with Crippen LogP contribution < -0.4 is 0 Å². The van der Waals surface area contributed by atoms with Gasteiger partial charge in [0.1, 0.15) is 6.04 Å². The van der Waals surface area contributed by atoms with Crippen molar-refractivity contribution in [2.24, 2.45) is 0 Å². The Balaban J connectivity index is 3.00. The van der Waals surface area contributed by atoms with Crippen LogP contribution in [0.15, 0.2) is 0 Å². The lowest BCUT2D eigenvalue weighted by molar-refractivity contribution is -0.152. The summed E-state index contributed by atoms with van der Waals surface area (Å²) in [6.07, 6.45) is 1.49. The van der Waals surface area contributed by atoms with Crippen LogP contribution in [0.4, 0.5) is 0 Å². The highest BCUT2D eigenvalue weighted by Crippen LogP contribution is 2.23. The zero-order valence-electron chi connectivity index (χ0n) is 11.3. The third kappa shape index (κ3) is 3.92. The van der Waals surface area contributed by atoms with Crippen molar-refractivity contribution in [3.8, 4) is 0 Å². The molecule has 0 radical (unpaired) electrons. The number of nitrogens with zero attached hydrogens (tertiary/aromatic N) is 1. The Morgan fingerprint density at radius 2 is 2.00 bits per heavy atom. The van der Waals surface area contributed by atoms with Crippen LogP contribution >= 0.6 is 0 Å². The molecule has 1 N–H and O–H groups in total. The van der Waals surface area contributed by atoms with Crippen molar-refractivity contribution in [2.45, 2.75) is 51.6 Å². The molecule has 1 heterocycles. The van der Waals surface area contributed by atoms with Gasteiger partial charge in [0.05, 0.1) is 11.5 Å². The van der Waals surface area contributed by atoms with Crippen molar-refractivity contribution in [3.63, 3.8) is 0 Å². The summed E-state index contributed by atoms with van der Waals surface area (Å²) in [5.41, 5.74) is 0. The molecule has 1 aliphatic heterocycles. The molecule has 0 aromatic rings. The molecule has 0 unspecified atom stereocenters. The van der Waals surface area contributed by atoms with Crippen LogP contribution in [0.3, 0.4) is 0 Å². The van der Waals surface area contributed by atoms with Crippen LogP contribution in [0, 0.1) is 0 Å². The molecule has 110 valence electrons. The number of sulfone groups is 1. The number of rotatable bonds is 6. The monoisotopic (exact) mass is 291 g/mol. The van der Waals surface area contributed by atoms with E-state index in [1.165, 1.54) is 4.90 Å². The molecule has 1 rings (SSSR count). The summed E-state index contributed by atoms with van der Waals surface area (Å²) in [4.78, 5) is 24.6. The second kappa shape index (κ2) is 6.36. The summed E-state index contributed by atoms with van der Waals surface area (Å²) >= 11 is 0. The summed E-state index contributed by atoms with van der Waals surface area (Å²) in [5, 5.41) is 9.27. The number of amides is 1. The zero-order valence-corrected chi connectivity index (χ0v) is 12.1. The quantitative estimate of drug-likeness (QED) is 0.776. The molecule has 1 saturated heterocycles. The molecule has 1 aliphatic rings. The number of hydrogen-bond donors (Lipinski definition) is 1. The predicted octanol–water partition coefficient (Wildman–Crippen LogP) is 0.665. The van der Waals surface area contributed by atoms with E-state index in [4.69, 9.17) is 0 Å². The summed E-state index contributed by atoms with van der Waals surface area (Å²) in [5.74, 6) is -1.44. The normalized spacial score (nSPS) is 22.9. The Bertz CT molecular complexity index is 445. The predicted molar refractivity (Wildman–Crippen MR) is 70.5 cm³/mol. The van der Waals surface area contributed by atoms with Gasteiger partial charge < -0.3 is 10.0 Å². The van der Waals surface area contributed by atoms with Crippen LogP contribution in [0.5, 0.6) is 0 Å². The van der Waals surface area contributed by atoms with Crippen molar-refractivity contribution in [1.29, 1.82) is 0 Å². The number of hydrogen-bond acceptors (Lipinski definition) is 4. The Morgan fingerprint density at radius 1 is 1.37 bits per heavy atom. The number of carbonyl (C=O) groups excluding carboxylic acids is 1. The van der Waals surface area contributed by atoms with Crippen LogP contribution in [0.1, 0.15) is 39.5 Å². The van der Waals surface area contributed by atoms with Crippen LogP contribution in [0.2, 0.25) is 0 Å². The first-order valence-electron chi connectivity index (χ1n) is 6.56. The largest absolute Gasteiger partial charge is 0.480 e. The Hall–Kier alpha value is -1.11. The second-order valence-corrected chi connectivity index (χ2v) is 7.08. The van der Waals surface area contributed by atoms with E-state index < -0.39 is 27.9 Å². The van der Waals surface area contributed by atoms with E-state index in [0.29, 0.717) is 19.3 Å². The van der Waals surface area contributed by atoms with E-state index in [2.05, 4.69) is 0 Å². The molecule has 0 spiro atoms. The van der Waals surface area contributed by atoms with E-state index in [9.17, 15) is 23.1 Å². The number of carboxylic acids is 1. The van der Waals surface area contributed by atoms with Gasteiger partial charge in [-0.3, -0.25) is 4.79 Å². The number of carbonyl (C=O) groups is 2. The second-order valence-electron chi connectivity index (χ2n) is 4.85. The van der Waals surface area contributed by atoms with Gasteiger partial charge in [-0.2, -0.15) is 0 Å². The fraction of sp³-hybridized carbons (Fsp3) is 0.833. The van der Waals surface area contributed by atoms with Gasteiger partial charge in [-0.05, 0) is 12.8 Å². The summed E-state index contributed by atoms with van der Waals surface area (Å²) in [6, 6.07) is -1.42. The minimum atomic E-state index is -3.14. The Labute approximate surface area is 113 Å². The van der Waals surface area contributed by atoms with Crippen molar-refractivity contribution < 1.29 is 23.1 Å². The van der Waals surface area contributed by atoms with E-state index in [0.717, 1.165) is 0 Å². The van der Waals surface area contributed by atoms with Crippen LogP contribution in [0.25, 0.3) is 0 Å². The lowest BCUT2D eigenvalue weighted by atomic mass is 10.1. The molecule has 1 amide bonds. The third-order valence-electron chi connectivity index (χ3n) is 3.38. The van der Waals surface area contributed by atoms with Crippen molar-refractivity contribution in [1.82, 2.24) is 4.90 Å². The Kier molecular flexibility index (Phi) is 5.34. The van der Waals surface area contributed by atoms with E-state index >= 15 is 0 Å². The van der Waals surface area contributed by atoms with Gasteiger partial charge in [0.15, 0.2) is 9.84 Å². The van der Waals surface area contributed by atoms with Gasteiger partial charge in [-0.15, -0.1) is 0 Å². The first-order chi connectivity index (χ1) is 8.82. The maximum atomic E-state index is 12.0.